The van der Waals surface area contributed by atoms with Gasteiger partial charge in [-0.3, -0.25) is 4.79 Å². The maximum Gasteiger partial charge on any atom is 0.265 e. The normalized spacial score (nSPS) is 16.3. The average Bonchev–Trinajstić information content (AvgIpc) is 3.22. The first kappa shape index (κ1) is 16.8. The smallest absolute Gasteiger partial charge is 0.265 e. The summed E-state index contributed by atoms with van der Waals surface area (Å²) in [4.78, 5) is 12.9. The van der Waals surface area contributed by atoms with Gasteiger partial charge in [-0.1, -0.05) is 4.49 Å². The number of carbonyl (C=O) groups excluding carboxylic acids is 1. The van der Waals surface area contributed by atoms with Gasteiger partial charge < -0.3 is 5.32 Å². The fourth-order valence-corrected chi connectivity index (χ4v) is 3.79. The molecule has 0 fully saturated rings. The third-order valence-electron chi connectivity index (χ3n) is 4.48. The number of amides is 1. The number of aromatic nitrogens is 4. The van der Waals surface area contributed by atoms with Crippen molar-refractivity contribution in [3.8, 4) is 5.69 Å². The summed E-state index contributed by atoms with van der Waals surface area (Å²) in [6.07, 6.45) is 3.94. The number of nitrogens with zero attached hydrogens (tertiary/aromatic N) is 4. The lowest BCUT2D eigenvalue weighted by Gasteiger charge is -2.24. The molecule has 3 aromatic rings. The van der Waals surface area contributed by atoms with Crippen LogP contribution in [0.15, 0.2) is 24.4 Å². The second-order valence-corrected chi connectivity index (χ2v) is 6.91. The number of halogens is 2. The lowest BCUT2D eigenvalue weighted by molar-refractivity contribution is 0.0936. The van der Waals surface area contributed by atoms with Gasteiger partial charge in [-0.05, 0) is 49.9 Å². The number of nitrogens with one attached hydrogen (secondary N) is 1. The van der Waals surface area contributed by atoms with Gasteiger partial charge in [0, 0.05) is 17.3 Å². The Hall–Kier alpha value is -2.68. The fourth-order valence-electron chi connectivity index (χ4n) is 3.23. The monoisotopic (exact) mass is 375 g/mol. The quantitative estimate of drug-likeness (QED) is 0.763. The van der Waals surface area contributed by atoms with Gasteiger partial charge in [0.05, 0.1) is 17.9 Å². The fraction of sp³-hybridized carbons (Fsp3) is 0.294. The van der Waals surface area contributed by atoms with E-state index in [1.54, 1.807) is 13.1 Å². The second kappa shape index (κ2) is 6.56. The average molecular weight is 375 g/mol. The number of hydrogen-bond acceptors (Lipinski definition) is 5. The van der Waals surface area contributed by atoms with Gasteiger partial charge in [-0.2, -0.15) is 5.10 Å². The maximum absolute atomic E-state index is 14.1. The summed E-state index contributed by atoms with van der Waals surface area (Å²) in [5.41, 5.74) is 2.46. The first-order chi connectivity index (χ1) is 12.5. The summed E-state index contributed by atoms with van der Waals surface area (Å²) < 4.78 is 32.6. The molecular formula is C17H15F2N5OS. The molecule has 1 amide bonds. The van der Waals surface area contributed by atoms with E-state index >= 15 is 0 Å². The molecule has 134 valence electrons. The summed E-state index contributed by atoms with van der Waals surface area (Å²) in [5.74, 6) is -1.53. The molecule has 26 heavy (non-hydrogen) atoms. The molecule has 0 unspecified atom stereocenters. The van der Waals surface area contributed by atoms with E-state index in [1.165, 1.54) is 16.8 Å². The number of benzene rings is 1. The highest BCUT2D eigenvalue weighted by molar-refractivity contribution is 7.08. The third-order valence-corrected chi connectivity index (χ3v) is 5.31. The van der Waals surface area contributed by atoms with E-state index < -0.39 is 11.6 Å². The van der Waals surface area contributed by atoms with E-state index in [-0.39, 0.29) is 17.6 Å². The van der Waals surface area contributed by atoms with Gasteiger partial charge in [0.2, 0.25) is 0 Å². The number of rotatable bonds is 3. The predicted octanol–water partition coefficient (Wildman–Crippen LogP) is 3.12. The third kappa shape index (κ3) is 2.88. The molecule has 2 heterocycles. The molecule has 0 saturated heterocycles. The van der Waals surface area contributed by atoms with Crippen molar-refractivity contribution in [2.45, 2.75) is 32.2 Å². The van der Waals surface area contributed by atoms with E-state index in [4.69, 9.17) is 0 Å². The molecule has 9 heteroatoms. The highest BCUT2D eigenvalue weighted by atomic mass is 32.1. The van der Waals surface area contributed by atoms with Crippen LogP contribution in [0.3, 0.4) is 0 Å². The van der Waals surface area contributed by atoms with Crippen LogP contribution in [-0.2, 0) is 6.42 Å². The van der Waals surface area contributed by atoms with Crippen molar-refractivity contribution in [3.05, 3.63) is 57.9 Å². The summed E-state index contributed by atoms with van der Waals surface area (Å²) in [6, 6.07) is 3.19. The van der Waals surface area contributed by atoms with E-state index in [1.807, 2.05) is 0 Å². The molecule has 0 aliphatic heterocycles. The van der Waals surface area contributed by atoms with E-state index in [0.29, 0.717) is 17.0 Å². The zero-order valence-corrected chi connectivity index (χ0v) is 14.7. The molecule has 1 aromatic carbocycles. The van der Waals surface area contributed by atoms with Crippen LogP contribution in [0.5, 0.6) is 0 Å². The molecule has 0 bridgehead atoms. The Balaban J connectivity index is 1.65. The second-order valence-electron chi connectivity index (χ2n) is 6.16. The SMILES string of the molecule is Cc1nnsc1C(=O)N[C@H]1CCCc2c1cnn2-c1ccc(F)cc1F. The molecule has 0 radical (unpaired) electrons. The molecule has 1 N–H and O–H groups in total. The number of fused-ring (bicyclic) bond motifs is 1. The standard InChI is InChI=1S/C17H15F2N5OS/c1-9-16(26-23-22-9)17(25)21-13-3-2-4-14-11(13)8-20-24(14)15-6-5-10(18)7-12(15)19/h5-8,13H,2-4H2,1H3,(H,21,25)/t13-/m0/s1. The molecule has 0 spiro atoms. The molecule has 1 aliphatic rings. The van der Waals surface area contributed by atoms with Crippen molar-refractivity contribution < 1.29 is 13.6 Å². The Morgan fingerprint density at radius 2 is 2.23 bits per heavy atom. The minimum absolute atomic E-state index is 0.196. The molecule has 1 atom stereocenters. The molecule has 6 nitrogen and oxygen atoms in total. The Morgan fingerprint density at radius 3 is 2.96 bits per heavy atom. The van der Waals surface area contributed by atoms with E-state index in [2.05, 4.69) is 20.0 Å². The van der Waals surface area contributed by atoms with Crippen LogP contribution < -0.4 is 5.32 Å². The van der Waals surface area contributed by atoms with E-state index in [0.717, 1.165) is 41.7 Å². The van der Waals surface area contributed by atoms with Crippen LogP contribution in [0, 0.1) is 18.6 Å². The number of aryl methyl sites for hydroxylation is 1. The molecule has 1 aliphatic carbocycles. The predicted molar refractivity (Wildman–Crippen MR) is 91.3 cm³/mol. The zero-order valence-electron chi connectivity index (χ0n) is 13.9. The first-order valence-corrected chi connectivity index (χ1v) is 8.94. The van der Waals surface area contributed by atoms with Crippen molar-refractivity contribution in [1.82, 2.24) is 24.7 Å². The summed E-state index contributed by atoms with van der Waals surface area (Å²) in [5, 5.41) is 11.1. The Kier molecular flexibility index (Phi) is 4.23. The topological polar surface area (TPSA) is 72.7 Å². The van der Waals surface area contributed by atoms with E-state index in [9.17, 15) is 13.6 Å². The Bertz CT molecular complexity index is 983. The minimum Gasteiger partial charge on any atom is -0.344 e. The summed E-state index contributed by atoms with van der Waals surface area (Å²) in [7, 11) is 0. The maximum atomic E-state index is 14.1. The molecular weight excluding hydrogens is 360 g/mol. The highest BCUT2D eigenvalue weighted by Crippen LogP contribution is 2.32. The van der Waals surface area contributed by atoms with Crippen molar-refractivity contribution in [2.24, 2.45) is 0 Å². The van der Waals surface area contributed by atoms with Gasteiger partial charge in [-0.15, -0.1) is 5.10 Å². The van der Waals surface area contributed by atoms with Crippen molar-refractivity contribution in [1.29, 1.82) is 0 Å². The van der Waals surface area contributed by atoms with Crippen molar-refractivity contribution in [3.63, 3.8) is 0 Å². The lowest BCUT2D eigenvalue weighted by atomic mass is 9.92. The number of carbonyl (C=O) groups is 1. The van der Waals surface area contributed by atoms with Crippen molar-refractivity contribution in [2.75, 3.05) is 0 Å². The largest absolute Gasteiger partial charge is 0.344 e. The zero-order chi connectivity index (χ0) is 18.3. The molecule has 4 rings (SSSR count). The lowest BCUT2D eigenvalue weighted by Crippen LogP contribution is -2.30. The minimum atomic E-state index is -0.673. The van der Waals surface area contributed by atoms with Crippen LogP contribution in [0.25, 0.3) is 5.69 Å². The van der Waals surface area contributed by atoms with Gasteiger partial charge in [0.1, 0.15) is 16.4 Å². The highest BCUT2D eigenvalue weighted by Gasteiger charge is 2.28. The Labute approximate surface area is 152 Å². The van der Waals surface area contributed by atoms with Gasteiger partial charge in [0.15, 0.2) is 5.82 Å². The van der Waals surface area contributed by atoms with Crippen LogP contribution >= 0.6 is 11.5 Å². The first-order valence-electron chi connectivity index (χ1n) is 8.16. The van der Waals surface area contributed by atoms with Crippen LogP contribution in [0.2, 0.25) is 0 Å². The number of hydrogen-bond donors (Lipinski definition) is 1. The van der Waals surface area contributed by atoms with Crippen LogP contribution in [-0.4, -0.2) is 25.3 Å². The summed E-state index contributed by atoms with van der Waals surface area (Å²) in [6.45, 7) is 1.74. The summed E-state index contributed by atoms with van der Waals surface area (Å²) >= 11 is 1.05. The van der Waals surface area contributed by atoms with Gasteiger partial charge in [-0.25, -0.2) is 13.5 Å². The van der Waals surface area contributed by atoms with Crippen LogP contribution in [0.1, 0.15) is 45.5 Å². The van der Waals surface area contributed by atoms with Crippen LogP contribution in [0.4, 0.5) is 8.78 Å². The molecule has 0 saturated carbocycles. The molecule has 2 aromatic heterocycles. The Morgan fingerprint density at radius 1 is 1.38 bits per heavy atom. The van der Waals surface area contributed by atoms with Gasteiger partial charge >= 0.3 is 0 Å². The van der Waals surface area contributed by atoms with Gasteiger partial charge in [0.25, 0.3) is 5.91 Å². The van der Waals surface area contributed by atoms with Crippen molar-refractivity contribution >= 4 is 17.4 Å².